The summed E-state index contributed by atoms with van der Waals surface area (Å²) in [5.74, 6) is 0.346. The van der Waals surface area contributed by atoms with Crippen LogP contribution in [0.5, 0.6) is 0 Å². The lowest BCUT2D eigenvalue weighted by molar-refractivity contribution is 0.386. The number of nitrogens with zero attached hydrogens (tertiary/aromatic N) is 1. The van der Waals surface area contributed by atoms with Gasteiger partial charge in [-0.1, -0.05) is 36.4 Å². The van der Waals surface area contributed by atoms with E-state index in [1.54, 1.807) is 0 Å². The molecule has 1 N–H and O–H groups in total. The molecule has 2 unspecified atom stereocenters. The van der Waals surface area contributed by atoms with Crippen molar-refractivity contribution in [2.45, 2.75) is 12.0 Å². The van der Waals surface area contributed by atoms with Crippen molar-refractivity contribution in [3.8, 4) is 0 Å². The van der Waals surface area contributed by atoms with Crippen molar-refractivity contribution in [3.63, 3.8) is 0 Å². The maximum absolute atomic E-state index is 4.64. The van der Waals surface area contributed by atoms with E-state index in [9.17, 15) is 0 Å². The average molecular weight is 201 g/mol. The van der Waals surface area contributed by atoms with Crippen molar-refractivity contribution in [3.05, 3.63) is 48.6 Å². The lowest BCUT2D eigenvalue weighted by Crippen LogP contribution is -2.46. The Morgan fingerprint density at radius 3 is 2.80 bits per heavy atom. The van der Waals surface area contributed by atoms with Gasteiger partial charge in [0, 0.05) is 31.6 Å². The first-order valence-corrected chi connectivity index (χ1v) is 5.46. The molecule has 0 amide bonds. The van der Waals surface area contributed by atoms with Crippen molar-refractivity contribution in [1.29, 1.82) is 0 Å². The number of hydrogen-bond acceptors (Lipinski definition) is 1. The van der Waals surface area contributed by atoms with Crippen LogP contribution in [-0.2, 0) is 0 Å². The SMILES string of the molecule is C=CC(c1ccccc1)C1CNCC[N]1. The summed E-state index contributed by atoms with van der Waals surface area (Å²) in [7, 11) is 0. The molecule has 1 fully saturated rings. The second kappa shape index (κ2) is 5.10. The lowest BCUT2D eigenvalue weighted by atomic mass is 9.90. The number of piperazine rings is 1. The molecule has 1 heterocycles. The van der Waals surface area contributed by atoms with Gasteiger partial charge in [0.15, 0.2) is 0 Å². The zero-order chi connectivity index (χ0) is 10.5. The highest BCUT2D eigenvalue weighted by Crippen LogP contribution is 2.21. The Morgan fingerprint density at radius 1 is 1.40 bits per heavy atom. The smallest absolute Gasteiger partial charge is 0.0474 e. The van der Waals surface area contributed by atoms with E-state index in [0.717, 1.165) is 19.6 Å². The quantitative estimate of drug-likeness (QED) is 0.737. The van der Waals surface area contributed by atoms with Crippen molar-refractivity contribution in [1.82, 2.24) is 10.6 Å². The highest BCUT2D eigenvalue weighted by Gasteiger charge is 2.22. The second-order valence-corrected chi connectivity index (χ2v) is 3.85. The molecule has 15 heavy (non-hydrogen) atoms. The zero-order valence-corrected chi connectivity index (χ0v) is 8.89. The Labute approximate surface area is 91.4 Å². The molecule has 1 aliphatic heterocycles. The Hall–Kier alpha value is -1.12. The van der Waals surface area contributed by atoms with Gasteiger partial charge in [0.25, 0.3) is 0 Å². The molecular weight excluding hydrogens is 184 g/mol. The molecule has 79 valence electrons. The second-order valence-electron chi connectivity index (χ2n) is 3.85. The summed E-state index contributed by atoms with van der Waals surface area (Å²) in [5.41, 5.74) is 1.31. The number of hydrogen-bond donors (Lipinski definition) is 1. The molecule has 0 saturated carbocycles. The minimum absolute atomic E-state index is 0.346. The fourth-order valence-corrected chi connectivity index (χ4v) is 2.06. The lowest BCUT2D eigenvalue weighted by Gasteiger charge is -2.28. The fourth-order valence-electron chi connectivity index (χ4n) is 2.06. The van der Waals surface area contributed by atoms with E-state index in [-0.39, 0.29) is 0 Å². The van der Waals surface area contributed by atoms with Gasteiger partial charge in [-0.15, -0.1) is 6.58 Å². The van der Waals surface area contributed by atoms with Gasteiger partial charge in [-0.25, -0.2) is 5.32 Å². The van der Waals surface area contributed by atoms with Crippen LogP contribution < -0.4 is 10.6 Å². The van der Waals surface area contributed by atoms with E-state index in [4.69, 9.17) is 0 Å². The van der Waals surface area contributed by atoms with Gasteiger partial charge in [-0.05, 0) is 5.56 Å². The Kier molecular flexibility index (Phi) is 3.54. The molecule has 2 heteroatoms. The summed E-state index contributed by atoms with van der Waals surface area (Å²) >= 11 is 0. The molecule has 0 aromatic heterocycles. The van der Waals surface area contributed by atoms with Crippen LogP contribution in [0, 0.1) is 0 Å². The summed E-state index contributed by atoms with van der Waals surface area (Å²) in [5, 5.41) is 8.02. The predicted molar refractivity (Wildman–Crippen MR) is 63.0 cm³/mol. The van der Waals surface area contributed by atoms with Gasteiger partial charge in [0.05, 0.1) is 0 Å². The maximum atomic E-state index is 4.64. The van der Waals surface area contributed by atoms with E-state index in [2.05, 4.69) is 41.5 Å². The maximum Gasteiger partial charge on any atom is 0.0474 e. The number of rotatable bonds is 3. The van der Waals surface area contributed by atoms with Gasteiger partial charge < -0.3 is 5.32 Å². The third-order valence-electron chi connectivity index (χ3n) is 2.86. The van der Waals surface area contributed by atoms with Gasteiger partial charge in [0.1, 0.15) is 0 Å². The highest BCUT2D eigenvalue weighted by molar-refractivity contribution is 5.25. The van der Waals surface area contributed by atoms with Crippen molar-refractivity contribution in [2.75, 3.05) is 19.6 Å². The summed E-state index contributed by atoms with van der Waals surface area (Å²) in [6, 6.07) is 10.8. The molecule has 1 aromatic rings. The standard InChI is InChI=1S/C13H17N2/c1-2-12(11-6-4-3-5-7-11)13-10-14-8-9-15-13/h2-7,12-14H,1,8-10H2. The minimum atomic E-state index is 0.346. The van der Waals surface area contributed by atoms with Gasteiger partial charge in [0.2, 0.25) is 0 Å². The third-order valence-corrected chi connectivity index (χ3v) is 2.86. The van der Waals surface area contributed by atoms with E-state index in [1.165, 1.54) is 5.56 Å². The van der Waals surface area contributed by atoms with E-state index >= 15 is 0 Å². The molecule has 1 aromatic carbocycles. The topological polar surface area (TPSA) is 26.1 Å². The predicted octanol–water partition coefficient (Wildman–Crippen LogP) is 1.53. The molecule has 1 saturated heterocycles. The van der Waals surface area contributed by atoms with Gasteiger partial charge in [-0.3, -0.25) is 0 Å². The minimum Gasteiger partial charge on any atom is -0.314 e. The molecule has 0 spiro atoms. The summed E-state index contributed by atoms with van der Waals surface area (Å²) in [6.45, 7) is 6.82. The largest absolute Gasteiger partial charge is 0.314 e. The van der Waals surface area contributed by atoms with E-state index < -0.39 is 0 Å². The van der Waals surface area contributed by atoms with Gasteiger partial charge >= 0.3 is 0 Å². The molecule has 2 nitrogen and oxygen atoms in total. The van der Waals surface area contributed by atoms with Crippen molar-refractivity contribution in [2.24, 2.45) is 0 Å². The fraction of sp³-hybridized carbons (Fsp3) is 0.385. The van der Waals surface area contributed by atoms with Crippen LogP contribution in [0.2, 0.25) is 0 Å². The van der Waals surface area contributed by atoms with Crippen LogP contribution in [0.3, 0.4) is 0 Å². The first kappa shape index (κ1) is 10.4. The Bertz CT molecular complexity index is 302. The van der Waals surface area contributed by atoms with Crippen LogP contribution in [0.4, 0.5) is 0 Å². The summed E-state index contributed by atoms with van der Waals surface area (Å²) in [6.07, 6.45) is 2.01. The van der Waals surface area contributed by atoms with Crippen LogP contribution in [0.25, 0.3) is 0 Å². The van der Waals surface area contributed by atoms with E-state index in [0.29, 0.717) is 12.0 Å². The monoisotopic (exact) mass is 201 g/mol. The molecule has 1 aliphatic rings. The molecule has 2 atom stereocenters. The molecule has 1 radical (unpaired) electrons. The Morgan fingerprint density at radius 2 is 2.20 bits per heavy atom. The zero-order valence-electron chi connectivity index (χ0n) is 8.89. The molecular formula is C13H17N2. The van der Waals surface area contributed by atoms with Crippen LogP contribution in [-0.4, -0.2) is 25.7 Å². The first-order valence-electron chi connectivity index (χ1n) is 5.46. The first-order chi connectivity index (χ1) is 7.42. The summed E-state index contributed by atoms with van der Waals surface area (Å²) < 4.78 is 0. The van der Waals surface area contributed by atoms with Crippen LogP contribution in [0.15, 0.2) is 43.0 Å². The molecule has 0 aliphatic carbocycles. The molecule has 2 rings (SSSR count). The van der Waals surface area contributed by atoms with Crippen molar-refractivity contribution < 1.29 is 0 Å². The highest BCUT2D eigenvalue weighted by atomic mass is 15.1. The summed E-state index contributed by atoms with van der Waals surface area (Å²) in [4.78, 5) is 0. The Balaban J connectivity index is 2.12. The number of nitrogens with one attached hydrogen (secondary N) is 1. The van der Waals surface area contributed by atoms with Gasteiger partial charge in [-0.2, -0.15) is 0 Å². The van der Waals surface area contributed by atoms with Crippen LogP contribution in [0.1, 0.15) is 11.5 Å². The number of benzene rings is 1. The molecule has 0 bridgehead atoms. The third kappa shape index (κ3) is 2.46. The normalized spacial score (nSPS) is 23.3. The van der Waals surface area contributed by atoms with Crippen LogP contribution >= 0.6 is 0 Å². The average Bonchev–Trinajstić information content (AvgIpc) is 2.33. The van der Waals surface area contributed by atoms with Crippen molar-refractivity contribution >= 4 is 0 Å². The van der Waals surface area contributed by atoms with E-state index in [1.807, 2.05) is 12.1 Å².